The van der Waals surface area contributed by atoms with Gasteiger partial charge in [-0.25, -0.2) is 4.98 Å². The Labute approximate surface area is 102 Å². The van der Waals surface area contributed by atoms with Gasteiger partial charge in [0.1, 0.15) is 0 Å². The van der Waals surface area contributed by atoms with Crippen LogP contribution in [-0.2, 0) is 4.79 Å². The number of fused-ring (bicyclic) bond motifs is 1. The van der Waals surface area contributed by atoms with Crippen LogP contribution in [-0.4, -0.2) is 33.3 Å². The number of aromatic hydroxyl groups is 1. The first kappa shape index (κ1) is 13.5. The van der Waals surface area contributed by atoms with Crippen molar-refractivity contribution >= 4 is 16.9 Å². The minimum Gasteiger partial charge on any atom is -0.504 e. The fraction of sp³-hybridized carbons (Fsp3) is 0.182. The van der Waals surface area contributed by atoms with Crippen molar-refractivity contribution in [3.63, 3.8) is 0 Å². The van der Waals surface area contributed by atoms with Crippen LogP contribution in [0, 0.1) is 0 Å². The number of nitrogens with one attached hydrogen (secondary N) is 1. The van der Waals surface area contributed by atoms with E-state index in [4.69, 9.17) is 14.6 Å². The fourth-order valence-electron chi connectivity index (χ4n) is 1.25. The van der Waals surface area contributed by atoms with Crippen LogP contribution in [0.2, 0.25) is 0 Å². The molecule has 1 aromatic carbocycles. The van der Waals surface area contributed by atoms with Gasteiger partial charge in [0.2, 0.25) is 0 Å². The summed E-state index contributed by atoms with van der Waals surface area (Å²) >= 11 is 0. The molecule has 1 aromatic heterocycles. The van der Waals surface area contributed by atoms with Crippen LogP contribution in [0.1, 0.15) is 6.92 Å². The predicted octanol–water partition coefficient (Wildman–Crippen LogP) is 0.728. The average Bonchev–Trinajstić information content (AvgIpc) is 2.29. The number of hydrogen-bond acceptors (Lipinski definition) is 5. The second-order valence-electron chi connectivity index (χ2n) is 3.29. The summed E-state index contributed by atoms with van der Waals surface area (Å²) in [6.07, 6.45) is 1.31. The summed E-state index contributed by atoms with van der Waals surface area (Å²) in [5, 5.41) is 17.2. The number of aromatic nitrogens is 2. The number of carboxylic acid groups (broad SMARTS) is 1. The topological polar surface area (TPSA) is 113 Å². The number of hydrogen-bond donors (Lipinski definition) is 3. The number of benzene rings is 1. The van der Waals surface area contributed by atoms with E-state index in [-0.39, 0.29) is 11.3 Å². The zero-order valence-corrected chi connectivity index (χ0v) is 9.80. The molecule has 0 aliphatic rings. The maximum absolute atomic E-state index is 11.3. The predicted molar refractivity (Wildman–Crippen MR) is 63.9 cm³/mol. The van der Waals surface area contributed by atoms with Gasteiger partial charge in [-0.05, 0) is 6.07 Å². The third-order valence-electron chi connectivity index (χ3n) is 1.94. The number of rotatable bonds is 1. The number of ether oxygens (including phenoxy) is 1. The molecule has 7 heteroatoms. The van der Waals surface area contributed by atoms with E-state index in [0.717, 1.165) is 6.92 Å². The Kier molecular flexibility index (Phi) is 4.25. The maximum Gasteiger partial charge on any atom is 0.300 e. The molecule has 7 nitrogen and oxygen atoms in total. The van der Waals surface area contributed by atoms with E-state index in [1.807, 2.05) is 0 Å². The first-order chi connectivity index (χ1) is 8.45. The highest BCUT2D eigenvalue weighted by atomic mass is 16.5. The monoisotopic (exact) mass is 252 g/mol. The molecule has 0 saturated carbocycles. The average molecular weight is 252 g/mol. The largest absolute Gasteiger partial charge is 0.504 e. The highest BCUT2D eigenvalue weighted by Gasteiger charge is 2.06. The highest BCUT2D eigenvalue weighted by Crippen LogP contribution is 2.28. The Bertz CT molecular complexity index is 616. The van der Waals surface area contributed by atoms with Gasteiger partial charge in [-0.1, -0.05) is 0 Å². The number of nitrogens with zero attached hydrogens (tertiary/aromatic N) is 1. The number of phenols is 1. The summed E-state index contributed by atoms with van der Waals surface area (Å²) in [6.45, 7) is 1.08. The second kappa shape index (κ2) is 5.67. The minimum absolute atomic E-state index is 0.0708. The van der Waals surface area contributed by atoms with Gasteiger partial charge in [-0.2, -0.15) is 0 Å². The van der Waals surface area contributed by atoms with Gasteiger partial charge in [0, 0.05) is 13.0 Å². The van der Waals surface area contributed by atoms with Crippen LogP contribution in [0.3, 0.4) is 0 Å². The first-order valence-electron chi connectivity index (χ1n) is 4.89. The summed E-state index contributed by atoms with van der Waals surface area (Å²) < 4.78 is 4.89. The van der Waals surface area contributed by atoms with E-state index < -0.39 is 5.97 Å². The molecule has 0 fully saturated rings. The number of aromatic amines is 1. The molecule has 0 aliphatic heterocycles. The van der Waals surface area contributed by atoms with Crippen molar-refractivity contribution in [3.05, 3.63) is 28.8 Å². The molecule has 0 radical (unpaired) electrons. The molecule has 2 rings (SSSR count). The van der Waals surface area contributed by atoms with E-state index in [2.05, 4.69) is 9.97 Å². The van der Waals surface area contributed by atoms with E-state index in [9.17, 15) is 9.90 Å². The van der Waals surface area contributed by atoms with E-state index >= 15 is 0 Å². The van der Waals surface area contributed by atoms with Crippen LogP contribution in [0.25, 0.3) is 10.9 Å². The highest BCUT2D eigenvalue weighted by molar-refractivity contribution is 5.81. The molecule has 1 heterocycles. The first-order valence-corrected chi connectivity index (χ1v) is 4.89. The Hall–Kier alpha value is -2.57. The third kappa shape index (κ3) is 3.21. The normalized spacial score (nSPS) is 9.44. The zero-order chi connectivity index (χ0) is 13.7. The zero-order valence-electron chi connectivity index (χ0n) is 9.80. The quantitative estimate of drug-likeness (QED) is 0.689. The van der Waals surface area contributed by atoms with Crippen molar-refractivity contribution in [2.24, 2.45) is 0 Å². The molecule has 0 atom stereocenters. The van der Waals surface area contributed by atoms with Crippen LogP contribution < -0.4 is 10.3 Å². The van der Waals surface area contributed by atoms with Crippen molar-refractivity contribution in [1.82, 2.24) is 9.97 Å². The summed E-state index contributed by atoms with van der Waals surface area (Å²) in [5.41, 5.74) is 0.205. The number of carboxylic acids is 1. The number of H-pyrrole nitrogens is 1. The minimum atomic E-state index is -0.833. The Morgan fingerprint density at radius 2 is 2.06 bits per heavy atom. The van der Waals surface area contributed by atoms with Crippen molar-refractivity contribution < 1.29 is 19.7 Å². The van der Waals surface area contributed by atoms with E-state index in [1.165, 1.54) is 25.6 Å². The molecule has 18 heavy (non-hydrogen) atoms. The van der Waals surface area contributed by atoms with Crippen molar-refractivity contribution in [2.45, 2.75) is 6.92 Å². The molecule has 3 N–H and O–H groups in total. The smallest absolute Gasteiger partial charge is 0.300 e. The van der Waals surface area contributed by atoms with Gasteiger partial charge in [0.15, 0.2) is 11.5 Å². The van der Waals surface area contributed by atoms with Gasteiger partial charge in [0.05, 0.1) is 24.3 Å². The fourth-order valence-corrected chi connectivity index (χ4v) is 1.25. The Morgan fingerprint density at radius 3 is 2.61 bits per heavy atom. The van der Waals surface area contributed by atoms with Crippen LogP contribution in [0.4, 0.5) is 0 Å². The second-order valence-corrected chi connectivity index (χ2v) is 3.29. The van der Waals surface area contributed by atoms with Gasteiger partial charge < -0.3 is 19.9 Å². The number of phenolic OH excluding ortho intramolecular Hbond substituents is 1. The van der Waals surface area contributed by atoms with Crippen LogP contribution in [0.15, 0.2) is 23.3 Å². The Balaban J connectivity index is 0.000000357. The van der Waals surface area contributed by atoms with E-state index in [0.29, 0.717) is 16.7 Å². The SMILES string of the molecule is CC(=O)O.COc1cc2nc[nH]c(=O)c2cc1O. The van der Waals surface area contributed by atoms with Gasteiger partial charge in [-0.3, -0.25) is 9.59 Å². The molecule has 2 aromatic rings. The standard InChI is InChI=1S/C9H8N2O3.C2H4O2/c1-14-8-3-6-5(2-7(8)12)9(13)11-4-10-6;1-2(3)4/h2-4,12H,1H3,(H,10,11,13);1H3,(H,3,4). The maximum atomic E-state index is 11.3. The Morgan fingerprint density at radius 1 is 1.44 bits per heavy atom. The lowest BCUT2D eigenvalue weighted by Crippen LogP contribution is -2.06. The van der Waals surface area contributed by atoms with Gasteiger partial charge >= 0.3 is 0 Å². The molecule has 0 saturated heterocycles. The molecular weight excluding hydrogens is 240 g/mol. The number of carbonyl (C=O) groups is 1. The lowest BCUT2D eigenvalue weighted by atomic mass is 10.2. The molecule has 0 bridgehead atoms. The molecule has 96 valence electrons. The van der Waals surface area contributed by atoms with E-state index in [1.54, 1.807) is 0 Å². The van der Waals surface area contributed by atoms with Crippen molar-refractivity contribution in [2.75, 3.05) is 7.11 Å². The lowest BCUT2D eigenvalue weighted by Gasteiger charge is -2.03. The summed E-state index contributed by atoms with van der Waals surface area (Å²) in [6, 6.07) is 2.85. The lowest BCUT2D eigenvalue weighted by molar-refractivity contribution is -0.134. The van der Waals surface area contributed by atoms with Crippen LogP contribution >= 0.6 is 0 Å². The summed E-state index contributed by atoms with van der Waals surface area (Å²) in [4.78, 5) is 26.6. The third-order valence-corrected chi connectivity index (χ3v) is 1.94. The van der Waals surface area contributed by atoms with Gasteiger partial charge in [0.25, 0.3) is 11.5 Å². The van der Waals surface area contributed by atoms with Gasteiger partial charge in [-0.15, -0.1) is 0 Å². The van der Waals surface area contributed by atoms with Crippen molar-refractivity contribution in [1.29, 1.82) is 0 Å². The molecule has 0 aliphatic carbocycles. The molecular formula is C11H12N2O5. The summed E-state index contributed by atoms with van der Waals surface area (Å²) in [7, 11) is 1.44. The molecule has 0 unspecified atom stereocenters. The van der Waals surface area contributed by atoms with Crippen molar-refractivity contribution in [3.8, 4) is 11.5 Å². The van der Waals surface area contributed by atoms with Crippen LogP contribution in [0.5, 0.6) is 11.5 Å². The number of methoxy groups -OCH3 is 1. The number of aliphatic carboxylic acids is 1. The summed E-state index contributed by atoms with van der Waals surface area (Å²) in [5.74, 6) is -0.603. The molecule has 0 amide bonds. The molecule has 0 spiro atoms.